The van der Waals surface area contributed by atoms with Crippen LogP contribution >= 0.6 is 0 Å². The summed E-state index contributed by atoms with van der Waals surface area (Å²) in [7, 11) is 1.86. The van der Waals surface area contributed by atoms with Gasteiger partial charge in [-0.25, -0.2) is 0 Å². The van der Waals surface area contributed by atoms with E-state index in [0.717, 1.165) is 87.0 Å². The van der Waals surface area contributed by atoms with Crippen molar-refractivity contribution in [2.45, 2.75) is 70.9 Å². The molecule has 0 saturated carbocycles. The van der Waals surface area contributed by atoms with Gasteiger partial charge in [-0.05, 0) is 90.6 Å². The number of piperazine rings is 1. The van der Waals surface area contributed by atoms with Crippen LogP contribution in [-0.4, -0.2) is 95.4 Å². The molecule has 4 heterocycles. The highest BCUT2D eigenvalue weighted by atomic mass is 16.5. The summed E-state index contributed by atoms with van der Waals surface area (Å²) >= 11 is 0. The van der Waals surface area contributed by atoms with E-state index in [2.05, 4.69) is 56.2 Å². The second-order valence-electron chi connectivity index (χ2n) is 13.7. The van der Waals surface area contributed by atoms with Crippen LogP contribution in [-0.2, 0) is 16.1 Å². The highest BCUT2D eigenvalue weighted by Gasteiger charge is 2.29. The Morgan fingerprint density at radius 2 is 1.73 bits per heavy atom. The largest absolute Gasteiger partial charge is 0.492 e. The topological polar surface area (TPSA) is 145 Å². The van der Waals surface area contributed by atoms with Gasteiger partial charge in [-0.2, -0.15) is 0 Å². The molecule has 0 radical (unpaired) electrons. The summed E-state index contributed by atoms with van der Waals surface area (Å²) in [6, 6.07) is 20.1. The standard InChI is InChI=1S/C38H49N10O4/c1-28-38(50)44(3)23-24-45(28)25-26-51-33-14-10-31(11-15-33)32-18-21-46(22-19-32)35-16-17-36-47(41-29(2)48(36)42-35)27-30-8-12-34(13-9-30)52-37(49)7-5-4-6-20-40-43-39/h8-17,28,32H,4-7,18-27H2,1-3H3/q+1/t28-/m1/s1. The van der Waals surface area contributed by atoms with Gasteiger partial charge in [-0.3, -0.25) is 14.5 Å². The van der Waals surface area contributed by atoms with Crippen molar-refractivity contribution >= 4 is 23.3 Å². The number of benzene rings is 2. The first-order chi connectivity index (χ1) is 25.3. The monoisotopic (exact) mass is 709 g/mol. The predicted molar refractivity (Wildman–Crippen MR) is 196 cm³/mol. The number of aromatic nitrogens is 4. The minimum Gasteiger partial charge on any atom is -0.492 e. The van der Waals surface area contributed by atoms with E-state index in [1.807, 2.05) is 54.4 Å². The molecule has 6 rings (SSSR count). The average Bonchev–Trinajstić information content (AvgIpc) is 3.47. The smallest absolute Gasteiger partial charge is 0.329 e. The molecule has 0 N–H and O–H groups in total. The zero-order valence-corrected chi connectivity index (χ0v) is 30.4. The van der Waals surface area contributed by atoms with Crippen LogP contribution in [0, 0.1) is 6.92 Å². The quantitative estimate of drug-likeness (QED) is 0.0316. The van der Waals surface area contributed by atoms with Crippen molar-refractivity contribution in [2.24, 2.45) is 5.11 Å². The number of amides is 1. The predicted octanol–water partition coefficient (Wildman–Crippen LogP) is 5.07. The van der Waals surface area contributed by atoms with E-state index in [-0.39, 0.29) is 17.9 Å². The fraction of sp³-hybridized carbons (Fsp3) is 0.500. The Morgan fingerprint density at radius 1 is 0.981 bits per heavy atom. The summed E-state index contributed by atoms with van der Waals surface area (Å²) in [4.78, 5) is 33.5. The maximum atomic E-state index is 12.3. The molecule has 2 aliphatic rings. The van der Waals surface area contributed by atoms with Gasteiger partial charge in [-0.1, -0.05) is 45.4 Å². The Bertz CT molecular complexity index is 1870. The number of anilines is 1. The van der Waals surface area contributed by atoms with Gasteiger partial charge in [-0.15, -0.1) is 4.68 Å². The molecule has 2 saturated heterocycles. The molecule has 2 aromatic carbocycles. The number of hydrogen-bond donors (Lipinski definition) is 0. The van der Waals surface area contributed by atoms with E-state index in [0.29, 0.717) is 44.2 Å². The Kier molecular flexibility index (Phi) is 12.2. The number of esters is 1. The van der Waals surface area contributed by atoms with Gasteiger partial charge in [0.2, 0.25) is 5.91 Å². The third kappa shape index (κ3) is 9.17. The summed E-state index contributed by atoms with van der Waals surface area (Å²) in [5.74, 6) is 3.52. The Balaban J connectivity index is 0.965. The first-order valence-corrected chi connectivity index (χ1v) is 18.3. The van der Waals surface area contributed by atoms with E-state index >= 15 is 0 Å². The highest BCUT2D eigenvalue weighted by Crippen LogP contribution is 2.31. The van der Waals surface area contributed by atoms with Crippen LogP contribution in [0.1, 0.15) is 68.3 Å². The zero-order valence-electron chi connectivity index (χ0n) is 30.4. The number of unbranched alkanes of at least 4 members (excludes halogenated alkanes) is 2. The summed E-state index contributed by atoms with van der Waals surface area (Å²) in [5.41, 5.74) is 11.6. The van der Waals surface area contributed by atoms with Crippen LogP contribution in [0.15, 0.2) is 65.8 Å². The number of azide groups is 1. The first-order valence-electron chi connectivity index (χ1n) is 18.3. The molecule has 2 aliphatic heterocycles. The number of hydrogen-bond acceptors (Lipinski definition) is 9. The van der Waals surface area contributed by atoms with Crippen molar-refractivity contribution in [3.05, 3.63) is 88.1 Å². The van der Waals surface area contributed by atoms with E-state index < -0.39 is 0 Å². The van der Waals surface area contributed by atoms with Crippen molar-refractivity contribution in [3.8, 4) is 11.5 Å². The summed E-state index contributed by atoms with van der Waals surface area (Å²) in [5, 5.41) is 13.3. The molecule has 0 aliphatic carbocycles. The number of carbonyl (C=O) groups is 2. The lowest BCUT2D eigenvalue weighted by Gasteiger charge is -2.37. The molecule has 274 valence electrons. The van der Waals surface area contributed by atoms with Gasteiger partial charge < -0.3 is 19.3 Å². The molecular weight excluding hydrogens is 660 g/mol. The van der Waals surface area contributed by atoms with Crippen molar-refractivity contribution in [3.63, 3.8) is 0 Å². The lowest BCUT2D eigenvalue weighted by atomic mass is 9.89. The second-order valence-corrected chi connectivity index (χ2v) is 13.7. The Morgan fingerprint density at radius 3 is 2.48 bits per heavy atom. The lowest BCUT2D eigenvalue weighted by Crippen LogP contribution is -2.55. The molecule has 4 aromatic rings. The fourth-order valence-corrected chi connectivity index (χ4v) is 7.01. The van der Waals surface area contributed by atoms with Gasteiger partial charge in [0, 0.05) is 70.6 Å². The van der Waals surface area contributed by atoms with Crippen molar-refractivity contribution < 1.29 is 23.7 Å². The van der Waals surface area contributed by atoms with Crippen LogP contribution in [0.3, 0.4) is 0 Å². The number of rotatable bonds is 15. The zero-order chi connectivity index (χ0) is 36.5. The Hall–Kier alpha value is -5.20. The SMILES string of the molecule is Cc1n[n+](Cc2ccc(OC(=O)CCCCCN=[N+]=[N-])cc2)c2ccc(N3CCC(c4ccc(OCCN5CCN(C)C(=O)[C@H]5C)cc4)CC3)nn12. The van der Waals surface area contributed by atoms with Crippen molar-refractivity contribution in [1.29, 1.82) is 0 Å². The average molecular weight is 710 g/mol. The number of piperidine rings is 1. The molecule has 14 nitrogen and oxygen atoms in total. The molecule has 2 aromatic heterocycles. The number of ether oxygens (including phenoxy) is 2. The Labute approximate surface area is 304 Å². The van der Waals surface area contributed by atoms with Crippen molar-refractivity contribution in [1.82, 2.24) is 24.5 Å². The maximum Gasteiger partial charge on any atom is 0.329 e. The third-order valence-corrected chi connectivity index (χ3v) is 10.1. The van der Waals surface area contributed by atoms with Crippen LogP contribution in [0.4, 0.5) is 5.82 Å². The molecule has 0 bridgehead atoms. The normalized spacial score (nSPS) is 17.0. The number of likely N-dealkylation sites (N-methyl/N-ethyl adjacent to an activating group) is 1. The van der Waals surface area contributed by atoms with E-state index in [4.69, 9.17) is 25.2 Å². The molecule has 52 heavy (non-hydrogen) atoms. The summed E-state index contributed by atoms with van der Waals surface area (Å²) in [6.07, 6.45) is 4.69. The molecule has 2 fully saturated rings. The molecule has 0 unspecified atom stereocenters. The highest BCUT2D eigenvalue weighted by molar-refractivity contribution is 5.81. The van der Waals surface area contributed by atoms with Crippen LogP contribution < -0.4 is 19.1 Å². The number of carbonyl (C=O) groups excluding carboxylic acids is 2. The first kappa shape index (κ1) is 36.6. The van der Waals surface area contributed by atoms with Crippen molar-refractivity contribution in [2.75, 3.05) is 57.8 Å². The second kappa shape index (κ2) is 17.3. The van der Waals surface area contributed by atoms with Gasteiger partial charge in [0.15, 0.2) is 5.82 Å². The molecular formula is C38H49N10O4+. The maximum absolute atomic E-state index is 12.3. The van der Waals surface area contributed by atoms with Crippen LogP contribution in [0.2, 0.25) is 0 Å². The fourth-order valence-electron chi connectivity index (χ4n) is 7.01. The summed E-state index contributed by atoms with van der Waals surface area (Å²) < 4.78 is 15.4. The molecule has 1 amide bonds. The molecule has 14 heteroatoms. The molecule has 1 atom stereocenters. The minimum absolute atomic E-state index is 0.102. The van der Waals surface area contributed by atoms with Gasteiger partial charge in [0.05, 0.1) is 6.04 Å². The van der Waals surface area contributed by atoms with E-state index in [9.17, 15) is 9.59 Å². The lowest BCUT2D eigenvalue weighted by molar-refractivity contribution is -0.720. The number of nitrogens with zero attached hydrogens (tertiary/aromatic N) is 10. The molecule has 0 spiro atoms. The number of aryl methyl sites for hydroxylation is 1. The number of fused-ring (bicyclic) bond motifs is 1. The third-order valence-electron chi connectivity index (χ3n) is 10.1. The van der Waals surface area contributed by atoms with Crippen LogP contribution in [0.5, 0.6) is 11.5 Å². The minimum atomic E-state index is -0.268. The van der Waals surface area contributed by atoms with Crippen LogP contribution in [0.25, 0.3) is 16.1 Å². The van der Waals surface area contributed by atoms with Gasteiger partial charge in [0.1, 0.15) is 24.7 Å². The van der Waals surface area contributed by atoms with E-state index in [1.54, 1.807) is 4.90 Å². The van der Waals surface area contributed by atoms with E-state index in [1.165, 1.54) is 5.56 Å². The van der Waals surface area contributed by atoms with Gasteiger partial charge in [0.25, 0.3) is 5.82 Å². The summed E-state index contributed by atoms with van der Waals surface area (Å²) in [6.45, 7) is 9.72. The van der Waals surface area contributed by atoms with Gasteiger partial charge >= 0.3 is 11.6 Å².